The zero-order chi connectivity index (χ0) is 22.5. The number of anilines is 1. The maximum atomic E-state index is 13.0. The molecule has 0 bridgehead atoms. The fraction of sp³-hybridized carbons (Fsp3) is 0.115. The summed E-state index contributed by atoms with van der Waals surface area (Å²) in [4.78, 5) is 25.7. The SMILES string of the molecule is Cc1noc(C)c1COc1ccccc1C(=O)Nc1cccc(C(=O)c2ccccc2)c1. The Morgan fingerprint density at radius 1 is 0.906 bits per heavy atom. The van der Waals surface area contributed by atoms with Crippen LogP contribution in [0.15, 0.2) is 83.4 Å². The number of hydrogen-bond donors (Lipinski definition) is 1. The quantitative estimate of drug-likeness (QED) is 0.403. The van der Waals surface area contributed by atoms with Crippen LogP contribution >= 0.6 is 0 Å². The van der Waals surface area contributed by atoms with E-state index in [4.69, 9.17) is 9.26 Å². The second-order valence-electron chi connectivity index (χ2n) is 7.32. The van der Waals surface area contributed by atoms with Crippen molar-refractivity contribution in [3.63, 3.8) is 0 Å². The predicted octanol–water partition coefficient (Wildman–Crippen LogP) is 5.35. The highest BCUT2D eigenvalue weighted by atomic mass is 16.5. The molecule has 6 nitrogen and oxygen atoms in total. The summed E-state index contributed by atoms with van der Waals surface area (Å²) in [5, 5.41) is 6.78. The van der Waals surface area contributed by atoms with Gasteiger partial charge in [0, 0.05) is 16.8 Å². The van der Waals surface area contributed by atoms with E-state index in [0.29, 0.717) is 33.9 Å². The topological polar surface area (TPSA) is 81.4 Å². The highest BCUT2D eigenvalue weighted by Gasteiger charge is 2.16. The first-order valence-electron chi connectivity index (χ1n) is 10.2. The molecule has 32 heavy (non-hydrogen) atoms. The summed E-state index contributed by atoms with van der Waals surface area (Å²) in [7, 11) is 0. The molecule has 0 spiro atoms. The van der Waals surface area contributed by atoms with Crippen LogP contribution in [0.5, 0.6) is 5.75 Å². The first-order valence-corrected chi connectivity index (χ1v) is 10.2. The van der Waals surface area contributed by atoms with E-state index in [2.05, 4.69) is 10.5 Å². The molecule has 0 aliphatic heterocycles. The molecule has 1 N–H and O–H groups in total. The Labute approximate surface area is 185 Å². The number of benzene rings is 3. The fourth-order valence-corrected chi connectivity index (χ4v) is 3.33. The van der Waals surface area contributed by atoms with Crippen LogP contribution in [0, 0.1) is 13.8 Å². The van der Waals surface area contributed by atoms with Crippen molar-refractivity contribution in [2.45, 2.75) is 20.5 Å². The van der Waals surface area contributed by atoms with Crippen molar-refractivity contribution >= 4 is 17.4 Å². The zero-order valence-corrected chi connectivity index (χ0v) is 17.8. The molecule has 0 unspecified atom stereocenters. The maximum Gasteiger partial charge on any atom is 0.259 e. The molecule has 3 aromatic carbocycles. The number of nitrogens with one attached hydrogen (secondary N) is 1. The minimum atomic E-state index is -0.330. The molecular formula is C26H22N2O4. The van der Waals surface area contributed by atoms with Crippen molar-refractivity contribution in [3.05, 3.63) is 113 Å². The Bertz CT molecular complexity index is 1240. The molecule has 1 heterocycles. The number of carbonyl (C=O) groups is 2. The van der Waals surface area contributed by atoms with Gasteiger partial charge in [-0.25, -0.2) is 0 Å². The minimum Gasteiger partial charge on any atom is -0.488 e. The molecule has 4 rings (SSSR count). The normalized spacial score (nSPS) is 10.6. The lowest BCUT2D eigenvalue weighted by Crippen LogP contribution is -2.14. The van der Waals surface area contributed by atoms with E-state index in [9.17, 15) is 9.59 Å². The van der Waals surface area contributed by atoms with E-state index < -0.39 is 0 Å². The molecule has 4 aromatic rings. The summed E-state index contributed by atoms with van der Waals surface area (Å²) >= 11 is 0. The molecule has 0 aliphatic rings. The van der Waals surface area contributed by atoms with Gasteiger partial charge in [-0.1, -0.05) is 59.8 Å². The van der Waals surface area contributed by atoms with Crippen LogP contribution in [0.4, 0.5) is 5.69 Å². The van der Waals surface area contributed by atoms with Gasteiger partial charge in [0.05, 0.1) is 16.8 Å². The highest BCUT2D eigenvalue weighted by molar-refractivity contribution is 6.10. The van der Waals surface area contributed by atoms with Crippen LogP contribution in [0.2, 0.25) is 0 Å². The predicted molar refractivity (Wildman–Crippen MR) is 121 cm³/mol. The largest absolute Gasteiger partial charge is 0.488 e. The maximum absolute atomic E-state index is 13.0. The van der Waals surface area contributed by atoms with Crippen LogP contribution in [-0.4, -0.2) is 16.8 Å². The lowest BCUT2D eigenvalue weighted by atomic mass is 10.0. The van der Waals surface area contributed by atoms with Gasteiger partial charge >= 0.3 is 0 Å². The summed E-state index contributed by atoms with van der Waals surface area (Å²) in [6.45, 7) is 3.91. The first kappa shape index (κ1) is 21.1. The minimum absolute atomic E-state index is 0.107. The standard InChI is InChI=1S/C26H22N2O4/c1-17-23(18(2)32-28-17)16-31-24-14-7-6-13-22(24)26(30)27-21-12-8-11-20(15-21)25(29)19-9-4-3-5-10-19/h3-15H,16H2,1-2H3,(H,27,30). The lowest BCUT2D eigenvalue weighted by molar-refractivity contribution is 0.101. The number of amides is 1. The van der Waals surface area contributed by atoms with Crippen molar-refractivity contribution in [2.24, 2.45) is 0 Å². The monoisotopic (exact) mass is 426 g/mol. The Hall–Kier alpha value is -4.19. The number of aryl methyl sites for hydroxylation is 2. The molecular weight excluding hydrogens is 404 g/mol. The van der Waals surface area contributed by atoms with E-state index in [-0.39, 0.29) is 18.3 Å². The number of rotatable bonds is 7. The Balaban J connectivity index is 1.51. The van der Waals surface area contributed by atoms with E-state index in [0.717, 1.165) is 11.3 Å². The smallest absolute Gasteiger partial charge is 0.259 e. The third-order valence-electron chi connectivity index (χ3n) is 5.10. The van der Waals surface area contributed by atoms with Gasteiger partial charge in [-0.2, -0.15) is 0 Å². The molecule has 0 atom stereocenters. The molecule has 0 fully saturated rings. The second kappa shape index (κ2) is 9.31. The first-order chi connectivity index (χ1) is 15.5. The van der Waals surface area contributed by atoms with Gasteiger partial charge < -0.3 is 14.6 Å². The third kappa shape index (κ3) is 4.59. The average molecular weight is 426 g/mol. The summed E-state index contributed by atoms with van der Waals surface area (Å²) in [5.41, 5.74) is 3.61. The molecule has 160 valence electrons. The van der Waals surface area contributed by atoms with Crippen LogP contribution < -0.4 is 10.1 Å². The molecule has 1 amide bonds. The molecule has 1 aromatic heterocycles. The van der Waals surface area contributed by atoms with Gasteiger partial charge in [0.25, 0.3) is 5.91 Å². The van der Waals surface area contributed by atoms with Crippen LogP contribution in [0.3, 0.4) is 0 Å². The van der Waals surface area contributed by atoms with Crippen molar-refractivity contribution in [2.75, 3.05) is 5.32 Å². The van der Waals surface area contributed by atoms with Crippen molar-refractivity contribution < 1.29 is 18.8 Å². The van der Waals surface area contributed by atoms with Gasteiger partial charge in [-0.05, 0) is 38.1 Å². The summed E-state index contributed by atoms with van der Waals surface area (Å²) in [5.74, 6) is 0.694. The van der Waals surface area contributed by atoms with Crippen molar-refractivity contribution in [1.82, 2.24) is 5.16 Å². The number of para-hydroxylation sites is 1. The van der Waals surface area contributed by atoms with E-state index in [1.165, 1.54) is 0 Å². The molecule has 0 saturated heterocycles. The summed E-state index contributed by atoms with van der Waals surface area (Å²) < 4.78 is 11.1. The number of carbonyl (C=O) groups excluding carboxylic acids is 2. The van der Waals surface area contributed by atoms with E-state index in [1.807, 2.05) is 32.0 Å². The van der Waals surface area contributed by atoms with Gasteiger partial charge in [0.2, 0.25) is 0 Å². The number of ketones is 1. The van der Waals surface area contributed by atoms with E-state index in [1.54, 1.807) is 60.7 Å². The Kier molecular flexibility index (Phi) is 6.12. The number of aromatic nitrogens is 1. The van der Waals surface area contributed by atoms with Crippen LogP contribution in [-0.2, 0) is 6.61 Å². The fourth-order valence-electron chi connectivity index (χ4n) is 3.33. The van der Waals surface area contributed by atoms with E-state index >= 15 is 0 Å². The summed E-state index contributed by atoms with van der Waals surface area (Å²) in [6.07, 6.45) is 0. The van der Waals surface area contributed by atoms with Gasteiger partial charge in [0.15, 0.2) is 5.78 Å². The Morgan fingerprint density at radius 2 is 1.62 bits per heavy atom. The van der Waals surface area contributed by atoms with Gasteiger partial charge in [-0.15, -0.1) is 0 Å². The third-order valence-corrected chi connectivity index (χ3v) is 5.10. The molecule has 0 saturated carbocycles. The van der Waals surface area contributed by atoms with Gasteiger partial charge in [0.1, 0.15) is 18.1 Å². The van der Waals surface area contributed by atoms with Crippen molar-refractivity contribution in [3.8, 4) is 5.75 Å². The molecule has 0 aliphatic carbocycles. The van der Waals surface area contributed by atoms with Crippen LogP contribution in [0.25, 0.3) is 0 Å². The summed E-state index contributed by atoms with van der Waals surface area (Å²) in [6, 6.07) is 22.9. The highest BCUT2D eigenvalue weighted by Crippen LogP contribution is 2.23. The molecule has 0 radical (unpaired) electrons. The number of hydrogen-bond acceptors (Lipinski definition) is 5. The average Bonchev–Trinajstić information content (AvgIpc) is 3.15. The zero-order valence-electron chi connectivity index (χ0n) is 17.8. The number of ether oxygens (including phenoxy) is 1. The second-order valence-corrected chi connectivity index (χ2v) is 7.32. The lowest BCUT2D eigenvalue weighted by Gasteiger charge is -2.12. The number of nitrogens with zero attached hydrogens (tertiary/aromatic N) is 1. The molecule has 6 heteroatoms. The Morgan fingerprint density at radius 3 is 2.38 bits per heavy atom. The van der Waals surface area contributed by atoms with Crippen molar-refractivity contribution in [1.29, 1.82) is 0 Å². The van der Waals surface area contributed by atoms with Crippen LogP contribution in [0.1, 0.15) is 43.3 Å². The van der Waals surface area contributed by atoms with Gasteiger partial charge in [-0.3, -0.25) is 9.59 Å².